The van der Waals surface area contributed by atoms with E-state index in [4.69, 9.17) is 10.2 Å². The fraction of sp³-hybridized carbons (Fsp3) is 0.778. The van der Waals surface area contributed by atoms with E-state index in [-0.39, 0.29) is 11.8 Å². The molecule has 5 nitrogen and oxygen atoms in total. The number of hydrogen-bond donors (Lipinski definition) is 3. The zero-order valence-electron chi connectivity index (χ0n) is 8.49. The predicted molar refractivity (Wildman–Crippen MR) is 50.7 cm³/mol. The van der Waals surface area contributed by atoms with Gasteiger partial charge in [-0.1, -0.05) is 20.3 Å². The molecule has 0 heterocycles. The number of amides is 1. The molecule has 0 fully saturated rings. The molecule has 1 unspecified atom stereocenters. The van der Waals surface area contributed by atoms with Gasteiger partial charge in [0.25, 0.3) is 0 Å². The Morgan fingerprint density at radius 2 is 2.00 bits per heavy atom. The van der Waals surface area contributed by atoms with Crippen molar-refractivity contribution >= 4 is 11.9 Å². The van der Waals surface area contributed by atoms with E-state index in [2.05, 4.69) is 5.32 Å². The maximum Gasteiger partial charge on any atom is 0.328 e. The summed E-state index contributed by atoms with van der Waals surface area (Å²) in [5, 5.41) is 19.4. The molecular weight excluding hydrogens is 186 g/mol. The summed E-state index contributed by atoms with van der Waals surface area (Å²) in [6.45, 7) is 3.29. The molecule has 1 amide bonds. The summed E-state index contributed by atoms with van der Waals surface area (Å²) in [5.74, 6) is -1.33. The average molecular weight is 203 g/mol. The highest BCUT2D eigenvalue weighted by molar-refractivity contribution is 5.83. The summed E-state index contributed by atoms with van der Waals surface area (Å²) in [6.07, 6.45) is 1.16. The van der Waals surface area contributed by atoms with Crippen molar-refractivity contribution in [2.75, 3.05) is 6.61 Å². The summed E-state index contributed by atoms with van der Waals surface area (Å²) in [7, 11) is 0. The Labute approximate surface area is 83.1 Å². The van der Waals surface area contributed by atoms with Crippen molar-refractivity contribution in [1.82, 2.24) is 5.32 Å². The Hall–Kier alpha value is -1.10. The Kier molecular flexibility index (Phi) is 5.87. The van der Waals surface area contributed by atoms with Gasteiger partial charge in [0.2, 0.25) is 5.91 Å². The van der Waals surface area contributed by atoms with Crippen LogP contribution in [0.15, 0.2) is 0 Å². The lowest BCUT2D eigenvalue weighted by Gasteiger charge is -2.13. The van der Waals surface area contributed by atoms with Crippen LogP contribution in [0.4, 0.5) is 0 Å². The van der Waals surface area contributed by atoms with Gasteiger partial charge < -0.3 is 15.5 Å². The Bertz CT molecular complexity index is 205. The molecule has 0 aliphatic carbocycles. The van der Waals surface area contributed by atoms with Crippen molar-refractivity contribution in [2.24, 2.45) is 5.92 Å². The first-order valence-corrected chi connectivity index (χ1v) is 4.64. The van der Waals surface area contributed by atoms with Crippen molar-refractivity contribution in [1.29, 1.82) is 0 Å². The molecule has 0 aliphatic rings. The number of nitrogens with one attached hydrogen (secondary N) is 1. The van der Waals surface area contributed by atoms with E-state index in [1.54, 1.807) is 0 Å². The van der Waals surface area contributed by atoms with Crippen LogP contribution in [0.2, 0.25) is 0 Å². The van der Waals surface area contributed by atoms with Crippen LogP contribution in [0.1, 0.15) is 26.7 Å². The van der Waals surface area contributed by atoms with Gasteiger partial charge in [0.05, 0.1) is 6.61 Å². The Balaban J connectivity index is 3.97. The largest absolute Gasteiger partial charge is 0.480 e. The SMILES string of the molecule is CCC(C)CC(=O)N[C@@H](CO)C(=O)O. The molecule has 0 aromatic heterocycles. The fourth-order valence-electron chi connectivity index (χ4n) is 0.900. The van der Waals surface area contributed by atoms with Gasteiger partial charge in [-0.2, -0.15) is 0 Å². The first kappa shape index (κ1) is 12.9. The number of carboxylic acid groups (broad SMARTS) is 1. The first-order valence-electron chi connectivity index (χ1n) is 4.64. The number of aliphatic carboxylic acids is 1. The summed E-state index contributed by atoms with van der Waals surface area (Å²) >= 11 is 0. The number of rotatable bonds is 6. The summed E-state index contributed by atoms with van der Waals surface area (Å²) in [4.78, 5) is 21.6. The maximum absolute atomic E-state index is 11.2. The molecule has 0 rings (SSSR count). The Morgan fingerprint density at radius 3 is 2.36 bits per heavy atom. The molecule has 0 saturated carbocycles. The third-order valence-corrected chi connectivity index (χ3v) is 2.05. The van der Waals surface area contributed by atoms with E-state index in [1.165, 1.54) is 0 Å². The summed E-state index contributed by atoms with van der Waals surface area (Å²) in [6, 6.07) is -1.19. The molecular formula is C9H17NO4. The van der Waals surface area contributed by atoms with Crippen LogP contribution in [0.3, 0.4) is 0 Å². The van der Waals surface area contributed by atoms with E-state index in [9.17, 15) is 9.59 Å². The standard InChI is InChI=1S/C9H17NO4/c1-3-6(2)4-8(12)10-7(5-11)9(13)14/h6-7,11H,3-5H2,1-2H3,(H,10,12)(H,13,14)/t6?,7-/m0/s1. The second-order valence-corrected chi connectivity index (χ2v) is 3.36. The third-order valence-electron chi connectivity index (χ3n) is 2.05. The molecule has 0 aromatic carbocycles. The number of carbonyl (C=O) groups excluding carboxylic acids is 1. The van der Waals surface area contributed by atoms with E-state index in [0.29, 0.717) is 6.42 Å². The molecule has 0 radical (unpaired) electrons. The highest BCUT2D eigenvalue weighted by Gasteiger charge is 2.19. The summed E-state index contributed by atoms with van der Waals surface area (Å²) in [5.41, 5.74) is 0. The predicted octanol–water partition coefficient (Wildman–Crippen LogP) is -0.0157. The van der Waals surface area contributed by atoms with Crippen molar-refractivity contribution < 1.29 is 19.8 Å². The van der Waals surface area contributed by atoms with Crippen LogP contribution < -0.4 is 5.32 Å². The number of carbonyl (C=O) groups is 2. The highest BCUT2D eigenvalue weighted by Crippen LogP contribution is 2.05. The molecule has 0 aromatic rings. The minimum absolute atomic E-state index is 0.225. The van der Waals surface area contributed by atoms with Crippen LogP contribution in [-0.4, -0.2) is 34.7 Å². The molecule has 14 heavy (non-hydrogen) atoms. The van der Waals surface area contributed by atoms with Crippen LogP contribution >= 0.6 is 0 Å². The molecule has 82 valence electrons. The number of aliphatic hydroxyl groups excluding tert-OH is 1. The third kappa shape index (κ3) is 4.81. The van der Waals surface area contributed by atoms with Gasteiger partial charge in [-0.25, -0.2) is 4.79 Å². The monoisotopic (exact) mass is 203 g/mol. The zero-order valence-corrected chi connectivity index (χ0v) is 8.49. The van der Waals surface area contributed by atoms with E-state index >= 15 is 0 Å². The highest BCUT2D eigenvalue weighted by atomic mass is 16.4. The second-order valence-electron chi connectivity index (χ2n) is 3.36. The summed E-state index contributed by atoms with van der Waals surface area (Å²) < 4.78 is 0. The van der Waals surface area contributed by atoms with Crippen molar-refractivity contribution in [3.05, 3.63) is 0 Å². The van der Waals surface area contributed by atoms with E-state index < -0.39 is 18.6 Å². The first-order chi connectivity index (χ1) is 6.51. The van der Waals surface area contributed by atoms with Gasteiger partial charge in [0, 0.05) is 6.42 Å². The van der Waals surface area contributed by atoms with E-state index in [0.717, 1.165) is 6.42 Å². The lowest BCUT2D eigenvalue weighted by Crippen LogP contribution is -2.43. The lowest BCUT2D eigenvalue weighted by atomic mass is 10.0. The number of carboxylic acids is 1. The lowest BCUT2D eigenvalue weighted by molar-refractivity contribution is -0.143. The van der Waals surface area contributed by atoms with Crippen LogP contribution in [0.5, 0.6) is 0 Å². The molecule has 3 N–H and O–H groups in total. The Morgan fingerprint density at radius 1 is 1.43 bits per heavy atom. The van der Waals surface area contributed by atoms with E-state index in [1.807, 2.05) is 13.8 Å². The van der Waals surface area contributed by atoms with Crippen LogP contribution in [0, 0.1) is 5.92 Å². The molecule has 0 saturated heterocycles. The molecule has 0 bridgehead atoms. The molecule has 0 aliphatic heterocycles. The van der Waals surface area contributed by atoms with Gasteiger partial charge in [0.1, 0.15) is 6.04 Å². The minimum atomic E-state index is -1.22. The number of hydrogen-bond acceptors (Lipinski definition) is 3. The molecule has 0 spiro atoms. The zero-order chi connectivity index (χ0) is 11.1. The second kappa shape index (κ2) is 6.37. The average Bonchev–Trinajstić information content (AvgIpc) is 2.13. The van der Waals surface area contributed by atoms with Gasteiger partial charge in [-0.05, 0) is 5.92 Å². The van der Waals surface area contributed by atoms with Gasteiger partial charge in [-0.3, -0.25) is 4.79 Å². The number of aliphatic hydroxyl groups is 1. The topological polar surface area (TPSA) is 86.6 Å². The minimum Gasteiger partial charge on any atom is -0.480 e. The van der Waals surface area contributed by atoms with Crippen molar-refractivity contribution in [2.45, 2.75) is 32.7 Å². The molecule has 2 atom stereocenters. The maximum atomic E-state index is 11.2. The molecule has 5 heteroatoms. The smallest absolute Gasteiger partial charge is 0.328 e. The van der Waals surface area contributed by atoms with Crippen LogP contribution in [-0.2, 0) is 9.59 Å². The van der Waals surface area contributed by atoms with Crippen molar-refractivity contribution in [3.8, 4) is 0 Å². The normalized spacial score (nSPS) is 14.5. The van der Waals surface area contributed by atoms with Gasteiger partial charge in [-0.15, -0.1) is 0 Å². The van der Waals surface area contributed by atoms with Gasteiger partial charge >= 0.3 is 5.97 Å². The van der Waals surface area contributed by atoms with Crippen molar-refractivity contribution in [3.63, 3.8) is 0 Å². The quantitative estimate of drug-likeness (QED) is 0.566. The van der Waals surface area contributed by atoms with Gasteiger partial charge in [0.15, 0.2) is 0 Å². The fourth-order valence-corrected chi connectivity index (χ4v) is 0.900. The van der Waals surface area contributed by atoms with Crippen LogP contribution in [0.25, 0.3) is 0 Å².